The SMILES string of the molecule is CNC(=O)[C@@H](C#N)C(=O)c1cc2cc(Br)cc(C)c2o1. The molecule has 102 valence electrons. The summed E-state index contributed by atoms with van der Waals surface area (Å²) in [7, 11) is 1.37. The van der Waals surface area contributed by atoms with E-state index in [1.165, 1.54) is 7.05 Å². The summed E-state index contributed by atoms with van der Waals surface area (Å²) in [5.74, 6) is -2.67. The van der Waals surface area contributed by atoms with Crippen LogP contribution in [-0.4, -0.2) is 18.7 Å². The number of carbonyl (C=O) groups excluding carboxylic acids is 2. The first-order valence-electron chi connectivity index (χ1n) is 5.83. The number of halogens is 1. The topological polar surface area (TPSA) is 83.1 Å². The highest BCUT2D eigenvalue weighted by Crippen LogP contribution is 2.28. The van der Waals surface area contributed by atoms with Gasteiger partial charge >= 0.3 is 0 Å². The van der Waals surface area contributed by atoms with E-state index in [-0.39, 0.29) is 5.76 Å². The summed E-state index contributed by atoms with van der Waals surface area (Å²) >= 11 is 3.36. The lowest BCUT2D eigenvalue weighted by Crippen LogP contribution is -2.31. The molecule has 1 amide bonds. The average Bonchev–Trinajstić information content (AvgIpc) is 2.83. The molecule has 0 aliphatic heterocycles. The van der Waals surface area contributed by atoms with Crippen molar-refractivity contribution in [2.45, 2.75) is 6.92 Å². The van der Waals surface area contributed by atoms with Crippen LogP contribution in [0.5, 0.6) is 0 Å². The summed E-state index contributed by atoms with van der Waals surface area (Å²) in [6.45, 7) is 1.85. The number of amides is 1. The van der Waals surface area contributed by atoms with Crippen molar-refractivity contribution < 1.29 is 14.0 Å². The highest BCUT2D eigenvalue weighted by atomic mass is 79.9. The highest BCUT2D eigenvalue weighted by Gasteiger charge is 2.29. The molecule has 1 atom stereocenters. The predicted octanol–water partition coefficient (Wildman–Crippen LogP) is 2.57. The Labute approximate surface area is 123 Å². The molecule has 0 bridgehead atoms. The molecule has 0 unspecified atom stereocenters. The molecule has 1 aromatic heterocycles. The molecule has 1 aromatic carbocycles. The molecule has 0 aliphatic rings. The number of nitrogens with zero attached hydrogens (tertiary/aromatic N) is 1. The zero-order chi connectivity index (χ0) is 14.9. The van der Waals surface area contributed by atoms with Crippen LogP contribution in [-0.2, 0) is 4.79 Å². The molecule has 0 saturated carbocycles. The molecule has 2 aromatic rings. The Kier molecular flexibility index (Phi) is 3.91. The van der Waals surface area contributed by atoms with Crippen LogP contribution in [0.25, 0.3) is 11.0 Å². The van der Waals surface area contributed by atoms with Crippen molar-refractivity contribution in [1.29, 1.82) is 5.26 Å². The van der Waals surface area contributed by atoms with Crippen molar-refractivity contribution in [2.75, 3.05) is 7.05 Å². The molecule has 0 radical (unpaired) electrons. The fraction of sp³-hybridized carbons (Fsp3) is 0.214. The standard InChI is InChI=1S/C14H11BrN2O3/c1-7-3-9(15)4-8-5-11(20-13(7)8)12(18)10(6-16)14(19)17-2/h3-5,10H,1-2H3,(H,17,19)/t10-/m0/s1. The number of aryl methyl sites for hydroxylation is 1. The van der Waals surface area contributed by atoms with Gasteiger partial charge in [0.05, 0.1) is 6.07 Å². The van der Waals surface area contributed by atoms with Crippen molar-refractivity contribution in [1.82, 2.24) is 5.32 Å². The van der Waals surface area contributed by atoms with E-state index < -0.39 is 17.6 Å². The van der Waals surface area contributed by atoms with Crippen molar-refractivity contribution >= 4 is 38.6 Å². The summed E-state index contributed by atoms with van der Waals surface area (Å²) in [4.78, 5) is 23.6. The lowest BCUT2D eigenvalue weighted by atomic mass is 10.0. The van der Waals surface area contributed by atoms with Gasteiger partial charge in [-0.3, -0.25) is 9.59 Å². The third-order valence-electron chi connectivity index (χ3n) is 2.91. The van der Waals surface area contributed by atoms with E-state index in [1.807, 2.05) is 19.1 Å². The number of nitriles is 1. The number of nitrogens with one attached hydrogen (secondary N) is 1. The first-order chi connectivity index (χ1) is 9.47. The van der Waals surface area contributed by atoms with Crippen LogP contribution in [0, 0.1) is 24.2 Å². The van der Waals surface area contributed by atoms with Crippen LogP contribution in [0.4, 0.5) is 0 Å². The summed E-state index contributed by atoms with van der Waals surface area (Å²) in [5, 5.41) is 12.0. The van der Waals surface area contributed by atoms with Crippen LogP contribution < -0.4 is 5.32 Å². The van der Waals surface area contributed by atoms with Gasteiger partial charge in [-0.2, -0.15) is 5.26 Å². The lowest BCUT2D eigenvalue weighted by molar-refractivity contribution is -0.121. The van der Waals surface area contributed by atoms with E-state index >= 15 is 0 Å². The van der Waals surface area contributed by atoms with Gasteiger partial charge < -0.3 is 9.73 Å². The fourth-order valence-electron chi connectivity index (χ4n) is 1.93. The molecule has 2 rings (SSSR count). The maximum Gasteiger partial charge on any atom is 0.245 e. The van der Waals surface area contributed by atoms with E-state index in [0.717, 1.165) is 15.4 Å². The zero-order valence-corrected chi connectivity index (χ0v) is 12.4. The van der Waals surface area contributed by atoms with Gasteiger partial charge in [-0.15, -0.1) is 0 Å². The molecule has 1 N–H and O–H groups in total. The number of carbonyl (C=O) groups is 2. The molecule has 0 aliphatic carbocycles. The Bertz CT molecular complexity index is 743. The van der Waals surface area contributed by atoms with Crippen molar-refractivity contribution in [3.05, 3.63) is 34.0 Å². The van der Waals surface area contributed by atoms with Gasteiger partial charge in [0.2, 0.25) is 11.7 Å². The molecule has 5 nitrogen and oxygen atoms in total. The number of ketones is 1. The third kappa shape index (κ3) is 2.45. The molecule has 20 heavy (non-hydrogen) atoms. The Morgan fingerprint density at radius 1 is 1.40 bits per heavy atom. The minimum absolute atomic E-state index is 0.0105. The first-order valence-corrected chi connectivity index (χ1v) is 6.62. The van der Waals surface area contributed by atoms with E-state index in [0.29, 0.717) is 5.58 Å². The number of furan rings is 1. The molecule has 0 spiro atoms. The van der Waals surface area contributed by atoms with Crippen molar-refractivity contribution in [3.8, 4) is 6.07 Å². The quantitative estimate of drug-likeness (QED) is 0.690. The van der Waals surface area contributed by atoms with E-state index in [2.05, 4.69) is 21.2 Å². The second-order valence-electron chi connectivity index (χ2n) is 4.29. The molecule has 0 saturated heterocycles. The Morgan fingerprint density at radius 3 is 2.70 bits per heavy atom. The van der Waals surface area contributed by atoms with Gasteiger partial charge in [0.1, 0.15) is 5.58 Å². The highest BCUT2D eigenvalue weighted by molar-refractivity contribution is 9.10. The second kappa shape index (κ2) is 5.47. The predicted molar refractivity (Wildman–Crippen MR) is 76.2 cm³/mol. The van der Waals surface area contributed by atoms with Crippen molar-refractivity contribution in [3.63, 3.8) is 0 Å². The number of fused-ring (bicyclic) bond motifs is 1. The Hall–Kier alpha value is -2.13. The number of rotatable bonds is 3. The van der Waals surface area contributed by atoms with Crippen molar-refractivity contribution in [2.24, 2.45) is 5.92 Å². The summed E-state index contributed by atoms with van der Waals surface area (Å²) in [6, 6.07) is 6.91. The van der Waals surface area contributed by atoms with Crippen LogP contribution in [0.2, 0.25) is 0 Å². The maximum absolute atomic E-state index is 12.2. The number of hydrogen-bond donors (Lipinski definition) is 1. The van der Waals surface area contributed by atoms with E-state index in [1.54, 1.807) is 12.1 Å². The molecule has 1 heterocycles. The summed E-state index contributed by atoms with van der Waals surface area (Å²) in [6.07, 6.45) is 0. The minimum atomic E-state index is -1.40. The third-order valence-corrected chi connectivity index (χ3v) is 3.37. The van der Waals surface area contributed by atoms with Crippen LogP contribution in [0.15, 0.2) is 27.1 Å². The summed E-state index contributed by atoms with van der Waals surface area (Å²) < 4.78 is 6.36. The number of Topliss-reactive ketones (excluding diaryl/α,β-unsaturated/α-hetero) is 1. The smallest absolute Gasteiger partial charge is 0.245 e. The fourth-order valence-corrected chi connectivity index (χ4v) is 2.52. The molecule has 0 fully saturated rings. The molecular formula is C14H11BrN2O3. The van der Waals surface area contributed by atoms with E-state index in [4.69, 9.17) is 9.68 Å². The summed E-state index contributed by atoms with van der Waals surface area (Å²) in [5.41, 5.74) is 1.44. The Morgan fingerprint density at radius 2 is 2.10 bits per heavy atom. The minimum Gasteiger partial charge on any atom is -0.453 e. The van der Waals surface area contributed by atoms with Crippen LogP contribution >= 0.6 is 15.9 Å². The average molecular weight is 335 g/mol. The molecule has 6 heteroatoms. The van der Waals surface area contributed by atoms with Gasteiger partial charge in [-0.25, -0.2) is 0 Å². The zero-order valence-electron chi connectivity index (χ0n) is 10.9. The van der Waals surface area contributed by atoms with Gasteiger partial charge in [0.25, 0.3) is 0 Å². The van der Waals surface area contributed by atoms with E-state index in [9.17, 15) is 9.59 Å². The number of benzene rings is 1. The van der Waals surface area contributed by atoms with Gasteiger partial charge in [-0.1, -0.05) is 15.9 Å². The lowest BCUT2D eigenvalue weighted by Gasteiger charge is -2.03. The van der Waals surface area contributed by atoms with Gasteiger partial charge in [0, 0.05) is 16.9 Å². The Balaban J connectivity index is 2.48. The molecular weight excluding hydrogens is 324 g/mol. The van der Waals surface area contributed by atoms with Crippen LogP contribution in [0.3, 0.4) is 0 Å². The van der Waals surface area contributed by atoms with Crippen LogP contribution in [0.1, 0.15) is 16.1 Å². The van der Waals surface area contributed by atoms with Gasteiger partial charge in [-0.05, 0) is 30.7 Å². The normalized spacial score (nSPS) is 11.9. The largest absolute Gasteiger partial charge is 0.453 e. The maximum atomic E-state index is 12.2. The first kappa shape index (κ1) is 14.3. The monoisotopic (exact) mass is 334 g/mol. The number of hydrogen-bond acceptors (Lipinski definition) is 4. The second-order valence-corrected chi connectivity index (χ2v) is 5.21. The van der Waals surface area contributed by atoms with Gasteiger partial charge in [0.15, 0.2) is 11.7 Å².